The fourth-order valence-electron chi connectivity index (χ4n) is 2.29. The van der Waals surface area contributed by atoms with Gasteiger partial charge in [0, 0.05) is 12.6 Å². The van der Waals surface area contributed by atoms with E-state index in [1.165, 1.54) is 38.9 Å². The van der Waals surface area contributed by atoms with Gasteiger partial charge in [-0.1, -0.05) is 6.92 Å². The first-order valence-electron chi connectivity index (χ1n) is 6.87. The third-order valence-electron chi connectivity index (χ3n) is 3.19. The first-order chi connectivity index (χ1) is 8.26. The molecule has 1 rings (SSSR count). The van der Waals surface area contributed by atoms with Crippen LogP contribution in [0.1, 0.15) is 39.5 Å². The summed E-state index contributed by atoms with van der Waals surface area (Å²) in [4.78, 5) is 13.7. The van der Waals surface area contributed by atoms with Crippen LogP contribution in [0.2, 0.25) is 0 Å². The summed E-state index contributed by atoms with van der Waals surface area (Å²) in [6, 6.07) is 0.581. The van der Waals surface area contributed by atoms with Crippen LogP contribution in [0, 0.1) is 0 Å². The number of ether oxygens (including phenoxy) is 1. The predicted molar refractivity (Wildman–Crippen MR) is 69.0 cm³/mol. The number of nitrogens with one attached hydrogen (secondary N) is 1. The molecule has 0 atom stereocenters. The highest BCUT2D eigenvalue weighted by Gasteiger charge is 2.17. The lowest BCUT2D eigenvalue weighted by Gasteiger charge is -2.32. The molecule has 1 heterocycles. The lowest BCUT2D eigenvalue weighted by atomic mass is 10.0. The smallest absolute Gasteiger partial charge is 0.307 e. The van der Waals surface area contributed by atoms with Gasteiger partial charge in [0.15, 0.2) is 0 Å². The Hall–Kier alpha value is -0.610. The average Bonchev–Trinajstić information content (AvgIpc) is 2.32. The molecule has 1 aliphatic rings. The van der Waals surface area contributed by atoms with E-state index in [4.69, 9.17) is 4.74 Å². The maximum Gasteiger partial charge on any atom is 0.307 e. The van der Waals surface area contributed by atoms with E-state index in [9.17, 15) is 4.79 Å². The Balaban J connectivity index is 2.04. The molecule has 0 saturated carbocycles. The SMILES string of the molecule is CCCN1CCC(NCCC(=O)OCC)CC1. The number of esters is 1. The zero-order valence-electron chi connectivity index (χ0n) is 11.2. The molecule has 0 aliphatic carbocycles. The van der Waals surface area contributed by atoms with Gasteiger partial charge in [0.2, 0.25) is 0 Å². The molecule has 1 saturated heterocycles. The minimum absolute atomic E-state index is 0.0941. The number of hydrogen-bond acceptors (Lipinski definition) is 4. The Kier molecular flexibility index (Phi) is 7.21. The summed E-state index contributed by atoms with van der Waals surface area (Å²) in [5, 5.41) is 3.45. The Morgan fingerprint density at radius 1 is 1.35 bits per heavy atom. The van der Waals surface area contributed by atoms with E-state index in [-0.39, 0.29) is 5.97 Å². The Labute approximate surface area is 105 Å². The zero-order chi connectivity index (χ0) is 12.5. The second-order valence-electron chi connectivity index (χ2n) is 4.63. The largest absolute Gasteiger partial charge is 0.466 e. The van der Waals surface area contributed by atoms with Crippen LogP contribution in [0.15, 0.2) is 0 Å². The minimum atomic E-state index is -0.0941. The Bertz CT molecular complexity index is 213. The highest BCUT2D eigenvalue weighted by molar-refractivity contribution is 5.69. The summed E-state index contributed by atoms with van der Waals surface area (Å²) < 4.78 is 4.89. The zero-order valence-corrected chi connectivity index (χ0v) is 11.2. The maximum atomic E-state index is 11.2. The van der Waals surface area contributed by atoms with Crippen molar-refractivity contribution in [3.8, 4) is 0 Å². The van der Waals surface area contributed by atoms with Gasteiger partial charge in [0.05, 0.1) is 13.0 Å². The molecule has 100 valence electrons. The van der Waals surface area contributed by atoms with Crippen molar-refractivity contribution in [3.05, 3.63) is 0 Å². The maximum absolute atomic E-state index is 11.2. The summed E-state index contributed by atoms with van der Waals surface area (Å²) in [5.41, 5.74) is 0. The third-order valence-corrected chi connectivity index (χ3v) is 3.19. The van der Waals surface area contributed by atoms with Crippen LogP contribution < -0.4 is 5.32 Å². The van der Waals surface area contributed by atoms with Gasteiger partial charge in [-0.25, -0.2) is 0 Å². The molecule has 0 aromatic carbocycles. The van der Waals surface area contributed by atoms with Crippen LogP contribution in [-0.2, 0) is 9.53 Å². The third kappa shape index (κ3) is 6.03. The summed E-state index contributed by atoms with van der Waals surface area (Å²) in [6.07, 6.45) is 4.12. The number of rotatable bonds is 7. The fraction of sp³-hybridized carbons (Fsp3) is 0.923. The lowest BCUT2D eigenvalue weighted by Crippen LogP contribution is -2.43. The molecule has 0 aromatic heterocycles. The highest BCUT2D eigenvalue weighted by atomic mass is 16.5. The van der Waals surface area contributed by atoms with E-state index < -0.39 is 0 Å². The molecule has 0 spiro atoms. The number of hydrogen-bond donors (Lipinski definition) is 1. The van der Waals surface area contributed by atoms with E-state index in [1.54, 1.807) is 0 Å². The second-order valence-corrected chi connectivity index (χ2v) is 4.63. The van der Waals surface area contributed by atoms with Crippen LogP contribution in [0.3, 0.4) is 0 Å². The Morgan fingerprint density at radius 3 is 2.65 bits per heavy atom. The molecule has 0 unspecified atom stereocenters. The molecule has 1 N–H and O–H groups in total. The van der Waals surface area contributed by atoms with E-state index in [0.29, 0.717) is 19.1 Å². The van der Waals surface area contributed by atoms with Crippen LogP contribution in [0.25, 0.3) is 0 Å². The molecule has 0 amide bonds. The van der Waals surface area contributed by atoms with Gasteiger partial charge >= 0.3 is 5.97 Å². The highest BCUT2D eigenvalue weighted by Crippen LogP contribution is 2.10. The van der Waals surface area contributed by atoms with Gasteiger partial charge in [0.1, 0.15) is 0 Å². The van der Waals surface area contributed by atoms with E-state index in [2.05, 4.69) is 17.1 Å². The molecule has 1 fully saturated rings. The molecule has 17 heavy (non-hydrogen) atoms. The first-order valence-corrected chi connectivity index (χ1v) is 6.87. The van der Waals surface area contributed by atoms with Crippen molar-refractivity contribution in [2.75, 3.05) is 32.8 Å². The molecule has 0 bridgehead atoms. The van der Waals surface area contributed by atoms with E-state index in [1.807, 2.05) is 6.92 Å². The number of carbonyl (C=O) groups excluding carboxylic acids is 1. The van der Waals surface area contributed by atoms with Crippen molar-refractivity contribution < 1.29 is 9.53 Å². The minimum Gasteiger partial charge on any atom is -0.466 e. The van der Waals surface area contributed by atoms with Crippen molar-refractivity contribution in [1.82, 2.24) is 10.2 Å². The van der Waals surface area contributed by atoms with Crippen molar-refractivity contribution >= 4 is 5.97 Å². The van der Waals surface area contributed by atoms with Gasteiger partial charge in [-0.05, 0) is 45.8 Å². The average molecular weight is 242 g/mol. The number of carbonyl (C=O) groups is 1. The van der Waals surface area contributed by atoms with Crippen LogP contribution >= 0.6 is 0 Å². The van der Waals surface area contributed by atoms with Gasteiger partial charge in [0.25, 0.3) is 0 Å². The van der Waals surface area contributed by atoms with Crippen molar-refractivity contribution in [2.45, 2.75) is 45.6 Å². The molecular weight excluding hydrogens is 216 g/mol. The topological polar surface area (TPSA) is 41.6 Å². The monoisotopic (exact) mass is 242 g/mol. The fourth-order valence-corrected chi connectivity index (χ4v) is 2.29. The van der Waals surface area contributed by atoms with Crippen molar-refractivity contribution in [1.29, 1.82) is 0 Å². The summed E-state index contributed by atoms with van der Waals surface area (Å²) in [6.45, 7) is 8.88. The molecule has 0 aromatic rings. The Morgan fingerprint density at radius 2 is 2.06 bits per heavy atom. The van der Waals surface area contributed by atoms with Gasteiger partial charge in [-0.2, -0.15) is 0 Å². The predicted octanol–water partition coefficient (Wildman–Crippen LogP) is 1.40. The van der Waals surface area contributed by atoms with Crippen LogP contribution in [0.4, 0.5) is 0 Å². The number of likely N-dealkylation sites (tertiary alicyclic amines) is 1. The van der Waals surface area contributed by atoms with Gasteiger partial charge in [-0.3, -0.25) is 4.79 Å². The first kappa shape index (κ1) is 14.5. The molecular formula is C13H26N2O2. The van der Waals surface area contributed by atoms with Crippen LogP contribution in [0.5, 0.6) is 0 Å². The quantitative estimate of drug-likeness (QED) is 0.685. The molecule has 4 heteroatoms. The van der Waals surface area contributed by atoms with Crippen molar-refractivity contribution in [3.63, 3.8) is 0 Å². The standard InChI is InChI=1S/C13H26N2O2/c1-3-9-15-10-6-12(7-11-15)14-8-5-13(16)17-4-2/h12,14H,3-11H2,1-2H3. The van der Waals surface area contributed by atoms with Crippen LogP contribution in [-0.4, -0.2) is 49.7 Å². The second kappa shape index (κ2) is 8.48. The lowest BCUT2D eigenvalue weighted by molar-refractivity contribution is -0.143. The van der Waals surface area contributed by atoms with Crippen molar-refractivity contribution in [2.24, 2.45) is 0 Å². The van der Waals surface area contributed by atoms with Gasteiger partial charge < -0.3 is 15.0 Å². The summed E-state index contributed by atoms with van der Waals surface area (Å²) >= 11 is 0. The summed E-state index contributed by atoms with van der Waals surface area (Å²) in [5.74, 6) is -0.0941. The molecule has 4 nitrogen and oxygen atoms in total. The van der Waals surface area contributed by atoms with Gasteiger partial charge in [-0.15, -0.1) is 0 Å². The molecule has 0 radical (unpaired) electrons. The van der Waals surface area contributed by atoms with E-state index >= 15 is 0 Å². The number of piperidine rings is 1. The normalized spacial score (nSPS) is 18.2. The summed E-state index contributed by atoms with van der Waals surface area (Å²) in [7, 11) is 0. The number of nitrogens with zero attached hydrogens (tertiary/aromatic N) is 1. The van der Waals surface area contributed by atoms with E-state index in [0.717, 1.165) is 6.54 Å². The molecule has 1 aliphatic heterocycles.